The quantitative estimate of drug-likeness (QED) is 0.564. The number of hydrogen-bond acceptors (Lipinski definition) is 3. The lowest BCUT2D eigenvalue weighted by atomic mass is 9.82. The Kier molecular flexibility index (Phi) is 5.44. The van der Waals surface area contributed by atoms with Gasteiger partial charge in [-0.25, -0.2) is 9.67 Å². The van der Waals surface area contributed by atoms with Crippen LogP contribution >= 0.6 is 0 Å². The fourth-order valence-electron chi connectivity index (χ4n) is 3.58. The Morgan fingerprint density at radius 2 is 1.61 bits per heavy atom. The smallest absolute Gasteiger partial charge is 0.310 e. The molecule has 0 radical (unpaired) electrons. The minimum Gasteiger partial charge on any atom is -0.310 e. The van der Waals surface area contributed by atoms with Gasteiger partial charge in [0.25, 0.3) is 5.56 Å². The van der Waals surface area contributed by atoms with Gasteiger partial charge in [0.15, 0.2) is 5.65 Å². The van der Waals surface area contributed by atoms with Crippen molar-refractivity contribution in [3.63, 3.8) is 0 Å². The molecule has 2 heterocycles. The monoisotopic (exact) mass is 446 g/mol. The lowest BCUT2D eigenvalue weighted by Crippen LogP contribution is -2.27. The van der Waals surface area contributed by atoms with E-state index in [0.717, 1.165) is 12.1 Å². The van der Waals surface area contributed by atoms with Gasteiger partial charge in [0, 0.05) is 0 Å². The third-order valence-corrected chi connectivity index (χ3v) is 4.74. The first-order chi connectivity index (χ1) is 14.1. The van der Waals surface area contributed by atoms with E-state index in [9.17, 15) is 31.1 Å². The van der Waals surface area contributed by atoms with Crippen LogP contribution < -0.4 is 5.56 Å². The summed E-state index contributed by atoms with van der Waals surface area (Å²) in [6.45, 7) is 6.79. The Hall–Kier alpha value is -2.85. The highest BCUT2D eigenvalue weighted by Gasteiger charge is 2.36. The van der Waals surface area contributed by atoms with Crippen LogP contribution in [0, 0.1) is 12.3 Å². The van der Waals surface area contributed by atoms with Crippen molar-refractivity contribution >= 4 is 11.0 Å². The summed E-state index contributed by atoms with van der Waals surface area (Å²) in [7, 11) is 0. The maximum atomic E-state index is 13.1. The number of nitrogens with zero attached hydrogens (tertiary/aromatic N) is 3. The summed E-state index contributed by atoms with van der Waals surface area (Å²) in [6.07, 6.45) is -10.6. The average molecular weight is 446 g/mol. The van der Waals surface area contributed by atoms with Crippen LogP contribution in [0.2, 0.25) is 0 Å². The molecule has 0 bridgehead atoms. The number of halogens is 6. The molecular formula is C20H20F6N4O. The molecule has 1 atom stereocenters. The van der Waals surface area contributed by atoms with Crippen molar-refractivity contribution in [1.29, 1.82) is 0 Å². The summed E-state index contributed by atoms with van der Waals surface area (Å²) in [6, 6.07) is 3.54. The fraction of sp³-hybridized carbons (Fsp3) is 0.450. The van der Waals surface area contributed by atoms with Crippen molar-refractivity contribution in [1.82, 2.24) is 19.7 Å². The second-order valence-electron chi connectivity index (χ2n) is 8.42. The van der Waals surface area contributed by atoms with Gasteiger partial charge in [0.2, 0.25) is 0 Å². The zero-order valence-corrected chi connectivity index (χ0v) is 17.1. The number of aromatic amines is 1. The van der Waals surface area contributed by atoms with Gasteiger partial charge in [-0.15, -0.1) is 0 Å². The van der Waals surface area contributed by atoms with E-state index >= 15 is 0 Å². The molecule has 3 aromatic rings. The highest BCUT2D eigenvalue weighted by molar-refractivity contribution is 5.77. The molecule has 1 N–H and O–H groups in total. The molecule has 11 heteroatoms. The van der Waals surface area contributed by atoms with E-state index in [1.54, 1.807) is 20.8 Å². The molecule has 3 rings (SSSR count). The molecule has 0 amide bonds. The van der Waals surface area contributed by atoms with Crippen LogP contribution in [0.15, 0.2) is 29.1 Å². The highest BCUT2D eigenvalue weighted by Crippen LogP contribution is 2.39. The third-order valence-electron chi connectivity index (χ3n) is 4.74. The summed E-state index contributed by atoms with van der Waals surface area (Å²) in [5.41, 5.74) is -2.45. The second kappa shape index (κ2) is 7.38. The van der Waals surface area contributed by atoms with Gasteiger partial charge in [-0.05, 0) is 30.0 Å². The molecule has 0 aliphatic heterocycles. The van der Waals surface area contributed by atoms with Crippen LogP contribution in [0.25, 0.3) is 11.0 Å². The van der Waals surface area contributed by atoms with Crippen molar-refractivity contribution in [3.05, 3.63) is 57.3 Å². The first-order valence-corrected chi connectivity index (χ1v) is 9.30. The number of hydrogen-bond donors (Lipinski definition) is 1. The number of rotatable bonds is 3. The Bertz CT molecular complexity index is 1150. The van der Waals surface area contributed by atoms with Crippen LogP contribution in [0.5, 0.6) is 0 Å². The largest absolute Gasteiger partial charge is 0.416 e. The van der Waals surface area contributed by atoms with Gasteiger partial charge in [-0.3, -0.25) is 4.79 Å². The van der Waals surface area contributed by atoms with Crippen molar-refractivity contribution in [3.8, 4) is 0 Å². The molecule has 1 unspecified atom stereocenters. The second-order valence-corrected chi connectivity index (χ2v) is 8.42. The van der Waals surface area contributed by atoms with Crippen LogP contribution in [0.4, 0.5) is 26.3 Å². The topological polar surface area (TPSA) is 63.6 Å². The first-order valence-electron chi connectivity index (χ1n) is 9.30. The van der Waals surface area contributed by atoms with Crippen LogP contribution in [0.3, 0.4) is 0 Å². The molecule has 0 saturated carbocycles. The maximum Gasteiger partial charge on any atom is 0.416 e. The predicted octanol–water partition coefficient (Wildman–Crippen LogP) is 5.19. The third kappa shape index (κ3) is 4.75. The van der Waals surface area contributed by atoms with Gasteiger partial charge >= 0.3 is 12.4 Å². The molecule has 0 spiro atoms. The Morgan fingerprint density at radius 3 is 2.10 bits per heavy atom. The summed E-state index contributed by atoms with van der Waals surface area (Å²) < 4.78 is 79.4. The standard InChI is InChI=1S/C20H20F6N4O/c1-10-27-16-14(17(31)28-10)13(9-19(21,22)23)29-30(16)15(18(2,3)4)11-5-7-12(8-6-11)20(24,25)26/h5-8,15H,9H2,1-4H3,(H,27,28,31). The SMILES string of the molecule is Cc1nc2c(c(CC(F)(F)F)nn2C(c2ccc(C(F)(F)F)cc2)C(C)(C)C)c(=O)[nH]1. The molecule has 0 fully saturated rings. The van der Waals surface area contributed by atoms with Crippen molar-refractivity contribution in [2.45, 2.75) is 52.5 Å². The van der Waals surface area contributed by atoms with Crippen LogP contribution in [0.1, 0.15) is 49.5 Å². The number of nitrogens with one attached hydrogen (secondary N) is 1. The highest BCUT2D eigenvalue weighted by atomic mass is 19.4. The number of benzene rings is 1. The van der Waals surface area contributed by atoms with Crippen molar-refractivity contribution in [2.75, 3.05) is 0 Å². The Labute approximate surface area is 173 Å². The molecule has 1 aromatic carbocycles. The number of fused-ring (bicyclic) bond motifs is 1. The normalized spacial score (nSPS) is 14.3. The Morgan fingerprint density at radius 1 is 1.03 bits per heavy atom. The van der Waals surface area contributed by atoms with Crippen LogP contribution in [-0.4, -0.2) is 25.9 Å². The minimum atomic E-state index is -4.62. The van der Waals surface area contributed by atoms with Crippen LogP contribution in [-0.2, 0) is 12.6 Å². The van der Waals surface area contributed by atoms with E-state index in [-0.39, 0.29) is 16.9 Å². The predicted molar refractivity (Wildman–Crippen MR) is 102 cm³/mol. The zero-order chi connectivity index (χ0) is 23.4. The van der Waals surface area contributed by atoms with Gasteiger partial charge in [-0.2, -0.15) is 31.4 Å². The van der Waals surface area contributed by atoms with Gasteiger partial charge in [0.05, 0.1) is 23.7 Å². The fourth-order valence-corrected chi connectivity index (χ4v) is 3.58. The van der Waals surface area contributed by atoms with Crippen molar-refractivity contribution in [2.24, 2.45) is 5.41 Å². The molecule has 0 aliphatic carbocycles. The molecule has 2 aromatic heterocycles. The molecule has 5 nitrogen and oxygen atoms in total. The minimum absolute atomic E-state index is 0.0553. The van der Waals surface area contributed by atoms with E-state index in [1.165, 1.54) is 23.7 Å². The van der Waals surface area contributed by atoms with Gasteiger partial charge in [-0.1, -0.05) is 32.9 Å². The van der Waals surface area contributed by atoms with E-state index in [0.29, 0.717) is 5.56 Å². The molecule has 0 aliphatic rings. The lowest BCUT2D eigenvalue weighted by Gasteiger charge is -2.32. The maximum absolute atomic E-state index is 13.1. The van der Waals surface area contributed by atoms with E-state index < -0.39 is 47.0 Å². The van der Waals surface area contributed by atoms with Gasteiger partial charge in [0.1, 0.15) is 11.2 Å². The lowest BCUT2D eigenvalue weighted by molar-refractivity contribution is -0.137. The molecule has 168 valence electrons. The van der Waals surface area contributed by atoms with Crippen molar-refractivity contribution < 1.29 is 26.3 Å². The number of aromatic nitrogens is 4. The van der Waals surface area contributed by atoms with E-state index in [4.69, 9.17) is 0 Å². The number of alkyl halides is 6. The van der Waals surface area contributed by atoms with E-state index in [1.807, 2.05) is 0 Å². The Balaban J connectivity index is 2.28. The molecule has 31 heavy (non-hydrogen) atoms. The van der Waals surface area contributed by atoms with E-state index in [2.05, 4.69) is 15.1 Å². The summed E-state index contributed by atoms with van der Waals surface area (Å²) in [5, 5.41) is 3.80. The summed E-state index contributed by atoms with van der Waals surface area (Å²) in [5.74, 6) is 0.178. The number of aryl methyl sites for hydroxylation is 1. The number of H-pyrrole nitrogens is 1. The molecular weight excluding hydrogens is 426 g/mol. The summed E-state index contributed by atoms with van der Waals surface area (Å²) in [4.78, 5) is 19.0. The average Bonchev–Trinajstić information content (AvgIpc) is 2.89. The molecule has 0 saturated heterocycles. The summed E-state index contributed by atoms with van der Waals surface area (Å²) >= 11 is 0. The zero-order valence-electron chi connectivity index (χ0n) is 17.1. The van der Waals surface area contributed by atoms with Gasteiger partial charge < -0.3 is 4.98 Å². The first kappa shape index (κ1) is 22.8.